The molecule has 1 amide bonds. The first kappa shape index (κ1) is 18.6. The van der Waals surface area contributed by atoms with Crippen molar-refractivity contribution in [2.24, 2.45) is 16.2 Å². The molecule has 1 heterocycles. The average Bonchev–Trinajstić information content (AvgIpc) is 2.67. The van der Waals surface area contributed by atoms with Crippen LogP contribution in [-0.4, -0.2) is 34.6 Å². The van der Waals surface area contributed by atoms with Crippen molar-refractivity contribution >= 4 is 17.5 Å². The lowest BCUT2D eigenvalue weighted by atomic mass is 9.64. The quantitative estimate of drug-likeness (QED) is 0.583. The maximum Gasteiger partial charge on any atom is 0.235 e. The van der Waals surface area contributed by atoms with E-state index in [2.05, 4.69) is 38.3 Å². The smallest absolute Gasteiger partial charge is 0.235 e. The molecule has 1 aliphatic heterocycles. The number of carbonyl (C=O) groups excluding carboxylic acids is 3. The van der Waals surface area contributed by atoms with E-state index in [4.69, 9.17) is 0 Å². The van der Waals surface area contributed by atoms with Crippen LogP contribution in [-0.2, 0) is 14.4 Å². The van der Waals surface area contributed by atoms with Crippen molar-refractivity contribution in [3.8, 4) is 0 Å². The number of ketones is 2. The van der Waals surface area contributed by atoms with Crippen molar-refractivity contribution in [3.05, 3.63) is 0 Å². The summed E-state index contributed by atoms with van der Waals surface area (Å²) in [7, 11) is 0. The summed E-state index contributed by atoms with van der Waals surface area (Å²) >= 11 is 0. The van der Waals surface area contributed by atoms with E-state index < -0.39 is 22.0 Å². The minimum atomic E-state index is -1.19. The molecule has 3 aliphatic rings. The molecule has 3 rings (SSSR count). The fraction of sp³-hybridized carbons (Fsp3) is 0.850. The van der Waals surface area contributed by atoms with Gasteiger partial charge in [-0.05, 0) is 46.0 Å². The molecule has 0 radical (unpaired) electrons. The molecule has 3 N–H and O–H groups in total. The third-order valence-electron chi connectivity index (χ3n) is 7.59. The second-order valence-electron chi connectivity index (χ2n) is 10.7. The van der Waals surface area contributed by atoms with E-state index >= 15 is 0 Å². The van der Waals surface area contributed by atoms with E-state index in [1.165, 1.54) is 0 Å². The molecule has 25 heavy (non-hydrogen) atoms. The second-order valence-corrected chi connectivity index (χ2v) is 10.7. The topological polar surface area (TPSA) is 79.8 Å². The normalized spacial score (nSPS) is 38.8. The van der Waals surface area contributed by atoms with Gasteiger partial charge in [-0.3, -0.25) is 14.4 Å². The predicted octanol–water partition coefficient (Wildman–Crippen LogP) is 1.35. The highest BCUT2D eigenvalue weighted by Crippen LogP contribution is 2.69. The third kappa shape index (κ3) is 2.27. The molecular formula is C20H33N2O3+. The Balaban J connectivity index is 1.89. The maximum atomic E-state index is 13.3. The number of quaternary nitrogens is 1. The van der Waals surface area contributed by atoms with E-state index in [9.17, 15) is 14.4 Å². The minimum absolute atomic E-state index is 0.0306. The molecule has 0 aromatic heterocycles. The molecule has 0 spiro atoms. The summed E-state index contributed by atoms with van der Waals surface area (Å²) < 4.78 is 0. The number of hydrogen-bond acceptors (Lipinski definition) is 3. The zero-order valence-electron chi connectivity index (χ0n) is 16.7. The zero-order chi connectivity index (χ0) is 19.1. The van der Waals surface area contributed by atoms with Gasteiger partial charge in [-0.2, -0.15) is 0 Å². The first-order chi connectivity index (χ1) is 11.2. The summed E-state index contributed by atoms with van der Waals surface area (Å²) in [6.07, 6.45) is 2.82. The monoisotopic (exact) mass is 349 g/mol. The molecule has 5 nitrogen and oxygen atoms in total. The van der Waals surface area contributed by atoms with Gasteiger partial charge < -0.3 is 10.6 Å². The standard InChI is InChI=1S/C20H32N2O3/c1-16(2)10-12(11-17(3,4)22-16)21-15(25)20-9-8-19(7,18(20,5)6)13(23)14(20)24/h12,22H,8-11H2,1-7H3,(H,21,25)/p+1/t19-,20+/m1/s1. The second kappa shape index (κ2) is 4.93. The Labute approximate surface area is 150 Å². The van der Waals surface area contributed by atoms with Crippen molar-refractivity contribution in [2.45, 2.75) is 91.3 Å². The Kier molecular flexibility index (Phi) is 3.66. The molecule has 2 bridgehead atoms. The molecule has 2 saturated carbocycles. The van der Waals surface area contributed by atoms with Gasteiger partial charge in [0.05, 0.1) is 11.1 Å². The van der Waals surface area contributed by atoms with Crippen LogP contribution in [0.5, 0.6) is 0 Å². The van der Waals surface area contributed by atoms with Gasteiger partial charge in [-0.25, -0.2) is 0 Å². The summed E-state index contributed by atoms with van der Waals surface area (Å²) in [6, 6.07) is 0.0306. The summed E-state index contributed by atoms with van der Waals surface area (Å²) in [6.45, 7) is 14.4. The Morgan fingerprint density at radius 3 is 1.88 bits per heavy atom. The number of carbonyl (C=O) groups is 3. The zero-order valence-corrected chi connectivity index (χ0v) is 16.7. The van der Waals surface area contributed by atoms with Gasteiger partial charge in [0.2, 0.25) is 17.5 Å². The van der Waals surface area contributed by atoms with Crippen LogP contribution in [0.1, 0.15) is 74.1 Å². The average molecular weight is 349 g/mol. The molecule has 2 aliphatic carbocycles. The lowest BCUT2D eigenvalue weighted by molar-refractivity contribution is -0.788. The van der Waals surface area contributed by atoms with Gasteiger partial charge in [0.25, 0.3) is 0 Å². The SMILES string of the molecule is CC1(C)CC(NC(=O)[C@]23CC[C@](C)(C(=O)C2=O)C3(C)C)CC(C)(C)[NH2+]1. The van der Waals surface area contributed by atoms with Crippen molar-refractivity contribution in [1.82, 2.24) is 5.32 Å². The number of amides is 1. The molecule has 2 atom stereocenters. The van der Waals surface area contributed by atoms with Crippen LogP contribution >= 0.6 is 0 Å². The van der Waals surface area contributed by atoms with Gasteiger partial charge in [0.1, 0.15) is 5.41 Å². The molecule has 0 aromatic rings. The van der Waals surface area contributed by atoms with Crippen molar-refractivity contribution in [2.75, 3.05) is 0 Å². The number of fused-ring (bicyclic) bond motifs is 2. The van der Waals surface area contributed by atoms with Crippen LogP contribution < -0.4 is 10.6 Å². The largest absolute Gasteiger partial charge is 0.352 e. The highest BCUT2D eigenvalue weighted by Gasteiger charge is 2.77. The summed E-state index contributed by atoms with van der Waals surface area (Å²) in [5.41, 5.74) is -2.46. The van der Waals surface area contributed by atoms with Crippen LogP contribution in [0.3, 0.4) is 0 Å². The highest BCUT2D eigenvalue weighted by atomic mass is 16.2. The number of piperidine rings is 1. The first-order valence-corrected chi connectivity index (χ1v) is 9.46. The van der Waals surface area contributed by atoms with Gasteiger partial charge >= 0.3 is 0 Å². The van der Waals surface area contributed by atoms with Gasteiger partial charge in [0, 0.05) is 24.3 Å². The number of nitrogens with one attached hydrogen (secondary N) is 1. The van der Waals surface area contributed by atoms with Crippen molar-refractivity contribution in [3.63, 3.8) is 0 Å². The van der Waals surface area contributed by atoms with E-state index in [1.807, 2.05) is 20.8 Å². The lowest BCUT2D eigenvalue weighted by Gasteiger charge is -2.44. The van der Waals surface area contributed by atoms with Gasteiger partial charge in [-0.1, -0.05) is 20.8 Å². The van der Waals surface area contributed by atoms with Crippen LogP contribution in [0, 0.1) is 16.2 Å². The van der Waals surface area contributed by atoms with Crippen LogP contribution in [0.4, 0.5) is 0 Å². The van der Waals surface area contributed by atoms with Crippen LogP contribution in [0.25, 0.3) is 0 Å². The molecule has 3 fully saturated rings. The summed E-state index contributed by atoms with van der Waals surface area (Å²) in [5, 5.41) is 5.55. The molecule has 0 unspecified atom stereocenters. The Hall–Kier alpha value is -1.23. The number of hydrogen-bond donors (Lipinski definition) is 2. The number of Topliss-reactive ketones (excluding diaryl/α,β-unsaturated/α-hetero) is 2. The highest BCUT2D eigenvalue weighted by molar-refractivity contribution is 6.48. The number of nitrogens with two attached hydrogens (primary N) is 1. The maximum absolute atomic E-state index is 13.3. The number of rotatable bonds is 2. The van der Waals surface area contributed by atoms with Gasteiger partial charge in [0.15, 0.2) is 0 Å². The molecule has 0 aromatic carbocycles. The Morgan fingerprint density at radius 1 is 0.920 bits per heavy atom. The lowest BCUT2D eigenvalue weighted by Crippen LogP contribution is -3.06. The van der Waals surface area contributed by atoms with Crippen LogP contribution in [0.15, 0.2) is 0 Å². The minimum Gasteiger partial charge on any atom is -0.352 e. The Morgan fingerprint density at radius 2 is 1.44 bits per heavy atom. The van der Waals surface area contributed by atoms with Crippen molar-refractivity contribution < 1.29 is 19.7 Å². The van der Waals surface area contributed by atoms with Gasteiger partial charge in [-0.15, -0.1) is 0 Å². The van der Waals surface area contributed by atoms with E-state index in [0.717, 1.165) is 12.8 Å². The first-order valence-electron chi connectivity index (χ1n) is 9.46. The molecule has 5 heteroatoms. The molecule has 140 valence electrons. The van der Waals surface area contributed by atoms with E-state index in [1.54, 1.807) is 0 Å². The predicted molar refractivity (Wildman–Crippen MR) is 94.8 cm³/mol. The third-order valence-corrected chi connectivity index (χ3v) is 7.59. The van der Waals surface area contributed by atoms with Crippen molar-refractivity contribution in [1.29, 1.82) is 0 Å². The molecular weight excluding hydrogens is 316 g/mol. The fourth-order valence-corrected chi connectivity index (χ4v) is 6.20. The van der Waals surface area contributed by atoms with E-state index in [-0.39, 0.29) is 28.8 Å². The summed E-state index contributed by atoms with van der Waals surface area (Å²) in [4.78, 5) is 38.7. The fourth-order valence-electron chi connectivity index (χ4n) is 6.20. The van der Waals surface area contributed by atoms with Crippen LogP contribution in [0.2, 0.25) is 0 Å². The molecule has 1 saturated heterocycles. The van der Waals surface area contributed by atoms with E-state index in [0.29, 0.717) is 12.8 Å². The summed E-state index contributed by atoms with van der Waals surface area (Å²) in [5.74, 6) is -1.04. The Bertz CT molecular complexity index is 648.